The summed E-state index contributed by atoms with van der Waals surface area (Å²) in [4.78, 5) is 0. The van der Waals surface area contributed by atoms with Gasteiger partial charge in [0.2, 0.25) is 0 Å². The fourth-order valence-corrected chi connectivity index (χ4v) is 1.80. The average Bonchev–Trinajstić information content (AvgIpc) is 2.38. The van der Waals surface area contributed by atoms with Gasteiger partial charge in [0.15, 0.2) is 24.7 Å². The summed E-state index contributed by atoms with van der Waals surface area (Å²) in [5.41, 5.74) is 1.54. The van der Waals surface area contributed by atoms with Crippen LogP contribution in [0.3, 0.4) is 0 Å². The Hall–Kier alpha value is -1.68. The Morgan fingerprint density at radius 1 is 1.12 bits per heavy atom. The molecule has 0 saturated carbocycles. The molecule has 0 atom stereocenters. The molecule has 17 heavy (non-hydrogen) atoms. The van der Waals surface area contributed by atoms with E-state index in [1.807, 2.05) is 59.4 Å². The topological polar surface area (TPSA) is 36.5 Å². The van der Waals surface area contributed by atoms with Crippen LogP contribution in [-0.2, 0) is 6.54 Å². The van der Waals surface area contributed by atoms with Crippen LogP contribution in [0.2, 0.25) is 0 Å². The molecule has 2 rings (SSSR count). The summed E-state index contributed by atoms with van der Waals surface area (Å²) < 4.78 is 2.96. The average molecular weight is 292 g/mol. The van der Waals surface area contributed by atoms with Gasteiger partial charge in [0.25, 0.3) is 0 Å². The number of oxime groups is 1. The molecule has 0 radical (unpaired) electrons. The van der Waals surface area contributed by atoms with E-state index in [1.54, 1.807) is 0 Å². The molecule has 0 fully saturated rings. The fourth-order valence-electron chi connectivity index (χ4n) is 1.54. The summed E-state index contributed by atoms with van der Waals surface area (Å²) in [7, 11) is 0. The molecular formula is C13H12BrN2O+. The molecule has 86 valence electrons. The molecule has 0 aliphatic heterocycles. The minimum atomic E-state index is 0.541. The maximum absolute atomic E-state index is 9.07. The lowest BCUT2D eigenvalue weighted by Gasteiger charge is -2.01. The van der Waals surface area contributed by atoms with Gasteiger partial charge in [0.1, 0.15) is 0 Å². The van der Waals surface area contributed by atoms with Crippen LogP contribution in [0.15, 0.2) is 64.5 Å². The predicted molar refractivity (Wildman–Crippen MR) is 69.1 cm³/mol. The van der Waals surface area contributed by atoms with Crippen molar-refractivity contribution < 1.29 is 9.77 Å². The summed E-state index contributed by atoms with van der Waals surface area (Å²) in [5.74, 6) is 0. The third-order valence-corrected chi connectivity index (χ3v) is 2.94. The van der Waals surface area contributed by atoms with E-state index in [0.29, 0.717) is 12.3 Å². The molecule has 0 aliphatic rings. The van der Waals surface area contributed by atoms with Crippen molar-refractivity contribution in [3.8, 4) is 0 Å². The Morgan fingerprint density at radius 3 is 2.35 bits per heavy atom. The van der Waals surface area contributed by atoms with Crippen molar-refractivity contribution in [2.24, 2.45) is 5.16 Å². The molecule has 0 amide bonds. The highest BCUT2D eigenvalue weighted by Crippen LogP contribution is 2.11. The molecule has 0 aliphatic carbocycles. The second kappa shape index (κ2) is 5.59. The molecule has 1 N–H and O–H groups in total. The molecule has 1 aromatic heterocycles. The van der Waals surface area contributed by atoms with Gasteiger partial charge in [0.05, 0.1) is 0 Å². The van der Waals surface area contributed by atoms with E-state index >= 15 is 0 Å². The number of rotatable bonds is 3. The minimum absolute atomic E-state index is 0.541. The Labute approximate surface area is 108 Å². The fraction of sp³-hybridized carbons (Fsp3) is 0.0769. The van der Waals surface area contributed by atoms with E-state index in [0.717, 1.165) is 10.0 Å². The van der Waals surface area contributed by atoms with Crippen LogP contribution in [0.5, 0.6) is 0 Å². The number of benzene rings is 1. The predicted octanol–water partition coefficient (Wildman–Crippen LogP) is 2.62. The van der Waals surface area contributed by atoms with E-state index in [9.17, 15) is 0 Å². The van der Waals surface area contributed by atoms with Crippen molar-refractivity contribution in [3.63, 3.8) is 0 Å². The summed E-state index contributed by atoms with van der Waals surface area (Å²) in [6, 6.07) is 13.5. The maximum Gasteiger partial charge on any atom is 0.194 e. The smallest absolute Gasteiger partial charge is 0.194 e. The first-order valence-electron chi connectivity index (χ1n) is 5.20. The number of nitrogens with zero attached hydrogens (tertiary/aromatic N) is 2. The van der Waals surface area contributed by atoms with Gasteiger partial charge in [-0.2, -0.15) is 4.57 Å². The van der Waals surface area contributed by atoms with E-state index < -0.39 is 0 Å². The Kier molecular flexibility index (Phi) is 3.88. The van der Waals surface area contributed by atoms with Gasteiger partial charge in [-0.1, -0.05) is 39.3 Å². The molecule has 3 nitrogen and oxygen atoms in total. The Balaban J connectivity index is 2.21. The van der Waals surface area contributed by atoms with Crippen molar-refractivity contribution >= 4 is 21.6 Å². The second-order valence-corrected chi connectivity index (χ2v) is 4.52. The standard InChI is InChI=1S/C13H11BrN2O/c14-12-6-4-11(5-7-12)13(15-17)10-16-8-2-1-3-9-16/h1-9H,10H2/p+1. The third-order valence-electron chi connectivity index (χ3n) is 2.41. The first-order chi connectivity index (χ1) is 8.29. The highest BCUT2D eigenvalue weighted by Gasteiger charge is 2.10. The lowest BCUT2D eigenvalue weighted by molar-refractivity contribution is -0.681. The summed E-state index contributed by atoms with van der Waals surface area (Å²) in [6.45, 7) is 0.541. The zero-order valence-corrected chi connectivity index (χ0v) is 10.7. The third kappa shape index (κ3) is 3.14. The van der Waals surface area contributed by atoms with Gasteiger partial charge in [-0.15, -0.1) is 0 Å². The highest BCUT2D eigenvalue weighted by molar-refractivity contribution is 9.10. The van der Waals surface area contributed by atoms with Gasteiger partial charge >= 0.3 is 0 Å². The highest BCUT2D eigenvalue weighted by atomic mass is 79.9. The maximum atomic E-state index is 9.07. The molecule has 2 aromatic rings. The van der Waals surface area contributed by atoms with E-state index in [2.05, 4.69) is 21.1 Å². The number of hydrogen-bond acceptors (Lipinski definition) is 2. The van der Waals surface area contributed by atoms with Gasteiger partial charge in [-0.25, -0.2) is 0 Å². The SMILES string of the molecule is ON=C(C[n+]1ccccc1)c1ccc(Br)cc1. The quantitative estimate of drug-likeness (QED) is 0.401. The molecule has 4 heteroatoms. The number of aromatic nitrogens is 1. The number of pyridine rings is 1. The van der Waals surface area contributed by atoms with Crippen LogP contribution >= 0.6 is 15.9 Å². The van der Waals surface area contributed by atoms with E-state index in [4.69, 9.17) is 5.21 Å². The van der Waals surface area contributed by atoms with Crippen molar-refractivity contribution in [2.75, 3.05) is 0 Å². The van der Waals surface area contributed by atoms with E-state index in [1.165, 1.54) is 0 Å². The molecular weight excluding hydrogens is 280 g/mol. The van der Waals surface area contributed by atoms with Crippen LogP contribution in [0.4, 0.5) is 0 Å². The van der Waals surface area contributed by atoms with Gasteiger partial charge in [-0.05, 0) is 12.1 Å². The second-order valence-electron chi connectivity index (χ2n) is 3.60. The molecule has 1 aromatic carbocycles. The minimum Gasteiger partial charge on any atom is -0.410 e. The first kappa shape index (κ1) is 11.8. The summed E-state index contributed by atoms with van der Waals surface area (Å²) in [6.07, 6.45) is 3.87. The van der Waals surface area contributed by atoms with Crippen LogP contribution in [-0.4, -0.2) is 10.9 Å². The van der Waals surface area contributed by atoms with Crippen LogP contribution < -0.4 is 4.57 Å². The normalized spacial score (nSPS) is 11.5. The van der Waals surface area contributed by atoms with Crippen molar-refractivity contribution in [1.29, 1.82) is 0 Å². The van der Waals surface area contributed by atoms with Crippen LogP contribution in [0.1, 0.15) is 5.56 Å². The lowest BCUT2D eigenvalue weighted by atomic mass is 10.1. The summed E-state index contributed by atoms with van der Waals surface area (Å²) in [5, 5.41) is 12.4. The largest absolute Gasteiger partial charge is 0.410 e. The monoisotopic (exact) mass is 291 g/mol. The molecule has 0 bridgehead atoms. The van der Waals surface area contributed by atoms with Gasteiger partial charge in [0, 0.05) is 22.2 Å². The molecule has 0 unspecified atom stereocenters. The Bertz CT molecular complexity index is 509. The molecule has 0 saturated heterocycles. The van der Waals surface area contributed by atoms with Crippen molar-refractivity contribution in [1.82, 2.24) is 0 Å². The summed E-state index contributed by atoms with van der Waals surface area (Å²) >= 11 is 3.38. The van der Waals surface area contributed by atoms with Crippen LogP contribution in [0.25, 0.3) is 0 Å². The molecule has 0 spiro atoms. The van der Waals surface area contributed by atoms with E-state index in [-0.39, 0.29) is 0 Å². The number of halogens is 1. The van der Waals surface area contributed by atoms with Gasteiger partial charge in [-0.3, -0.25) is 0 Å². The zero-order valence-electron chi connectivity index (χ0n) is 9.12. The van der Waals surface area contributed by atoms with Crippen molar-refractivity contribution in [3.05, 3.63) is 64.9 Å². The Morgan fingerprint density at radius 2 is 1.76 bits per heavy atom. The van der Waals surface area contributed by atoms with Crippen LogP contribution in [0, 0.1) is 0 Å². The number of hydrogen-bond donors (Lipinski definition) is 1. The lowest BCUT2D eigenvalue weighted by Crippen LogP contribution is -2.37. The molecule has 1 heterocycles. The first-order valence-corrected chi connectivity index (χ1v) is 6.00. The van der Waals surface area contributed by atoms with Crippen molar-refractivity contribution in [2.45, 2.75) is 6.54 Å². The zero-order chi connectivity index (χ0) is 12.1. The van der Waals surface area contributed by atoms with Gasteiger partial charge < -0.3 is 5.21 Å².